The Hall–Kier alpha value is -2.33. The van der Waals surface area contributed by atoms with Gasteiger partial charge in [-0.3, -0.25) is 4.79 Å². The van der Waals surface area contributed by atoms with Crippen LogP contribution in [0.4, 0.5) is 5.69 Å². The number of carbonyl (C=O) groups excluding carboxylic acids is 1. The van der Waals surface area contributed by atoms with Crippen LogP contribution >= 0.6 is 0 Å². The predicted octanol–water partition coefficient (Wildman–Crippen LogP) is 3.90. The Bertz CT molecular complexity index is 656. The second kappa shape index (κ2) is 9.08. The van der Waals surface area contributed by atoms with Gasteiger partial charge >= 0.3 is 0 Å². The highest BCUT2D eigenvalue weighted by atomic mass is 16.5. The van der Waals surface area contributed by atoms with Gasteiger partial charge in [0.1, 0.15) is 12.4 Å². The summed E-state index contributed by atoms with van der Waals surface area (Å²) >= 11 is 0. The molecule has 4 nitrogen and oxygen atoms in total. The predicted molar refractivity (Wildman–Crippen MR) is 98.3 cm³/mol. The highest BCUT2D eigenvalue weighted by molar-refractivity contribution is 5.95. The molecule has 0 saturated heterocycles. The van der Waals surface area contributed by atoms with Crippen molar-refractivity contribution in [3.05, 3.63) is 59.7 Å². The minimum atomic E-state index is -0.210. The fourth-order valence-electron chi connectivity index (χ4n) is 2.30. The monoisotopic (exact) mass is 326 g/mol. The summed E-state index contributed by atoms with van der Waals surface area (Å²) in [7, 11) is 0. The number of aryl methyl sites for hydroxylation is 1. The van der Waals surface area contributed by atoms with Gasteiger partial charge in [-0.15, -0.1) is 0 Å². The molecular weight excluding hydrogens is 300 g/mol. The van der Waals surface area contributed by atoms with Gasteiger partial charge in [0.15, 0.2) is 0 Å². The Morgan fingerprint density at radius 3 is 2.58 bits per heavy atom. The van der Waals surface area contributed by atoms with Gasteiger partial charge in [-0.2, -0.15) is 0 Å². The number of ether oxygens (including phenoxy) is 1. The van der Waals surface area contributed by atoms with E-state index in [9.17, 15) is 4.79 Å². The van der Waals surface area contributed by atoms with E-state index in [1.54, 1.807) is 0 Å². The van der Waals surface area contributed by atoms with E-state index in [-0.39, 0.29) is 11.9 Å². The number of benzene rings is 2. The summed E-state index contributed by atoms with van der Waals surface area (Å²) in [6.07, 6.45) is 1.00. The van der Waals surface area contributed by atoms with E-state index < -0.39 is 0 Å². The maximum atomic E-state index is 12.2. The van der Waals surface area contributed by atoms with E-state index in [4.69, 9.17) is 4.74 Å². The van der Waals surface area contributed by atoms with Gasteiger partial charge in [-0.1, -0.05) is 37.3 Å². The van der Waals surface area contributed by atoms with E-state index in [0.29, 0.717) is 6.61 Å². The van der Waals surface area contributed by atoms with Crippen LogP contribution in [0.5, 0.6) is 5.75 Å². The van der Waals surface area contributed by atoms with Crippen LogP contribution in [0.25, 0.3) is 0 Å². The fraction of sp³-hybridized carbons (Fsp3) is 0.350. The number of carbonyl (C=O) groups is 1. The molecule has 0 spiro atoms. The number of hydrogen-bond acceptors (Lipinski definition) is 3. The lowest BCUT2D eigenvalue weighted by Crippen LogP contribution is -2.38. The molecule has 0 bridgehead atoms. The van der Waals surface area contributed by atoms with Gasteiger partial charge in [0.25, 0.3) is 0 Å². The summed E-state index contributed by atoms with van der Waals surface area (Å²) in [6.45, 7) is 7.28. The third-order valence-electron chi connectivity index (χ3n) is 3.80. The third kappa shape index (κ3) is 5.39. The van der Waals surface area contributed by atoms with Gasteiger partial charge in [-0.05, 0) is 56.1 Å². The zero-order chi connectivity index (χ0) is 17.4. The molecule has 0 aliphatic rings. The van der Waals surface area contributed by atoms with Gasteiger partial charge in [0.05, 0.1) is 6.04 Å². The first-order valence-electron chi connectivity index (χ1n) is 8.41. The number of nitrogens with one attached hydrogen (secondary N) is 2. The summed E-state index contributed by atoms with van der Waals surface area (Å²) < 4.78 is 5.81. The zero-order valence-electron chi connectivity index (χ0n) is 14.6. The molecule has 24 heavy (non-hydrogen) atoms. The molecule has 4 heteroatoms. The SMILES string of the molecule is CCCNC(C)C(=O)Nc1ccc(OCc2ccccc2)cc1C. The smallest absolute Gasteiger partial charge is 0.241 e. The molecule has 2 N–H and O–H groups in total. The molecule has 2 rings (SSSR count). The van der Waals surface area contributed by atoms with Gasteiger partial charge in [0.2, 0.25) is 5.91 Å². The van der Waals surface area contributed by atoms with Gasteiger partial charge < -0.3 is 15.4 Å². The fourth-order valence-corrected chi connectivity index (χ4v) is 2.30. The second-order valence-corrected chi connectivity index (χ2v) is 5.92. The van der Waals surface area contributed by atoms with Crippen LogP contribution in [0.15, 0.2) is 48.5 Å². The van der Waals surface area contributed by atoms with Gasteiger partial charge in [-0.25, -0.2) is 0 Å². The van der Waals surface area contributed by atoms with Crippen LogP contribution in [0.3, 0.4) is 0 Å². The summed E-state index contributed by atoms with van der Waals surface area (Å²) in [6, 6.07) is 15.6. The van der Waals surface area contributed by atoms with Crippen LogP contribution in [0, 0.1) is 6.92 Å². The van der Waals surface area contributed by atoms with Crippen molar-refractivity contribution in [2.24, 2.45) is 0 Å². The molecule has 2 aromatic carbocycles. The van der Waals surface area contributed by atoms with Crippen molar-refractivity contribution < 1.29 is 9.53 Å². The highest BCUT2D eigenvalue weighted by Gasteiger charge is 2.13. The minimum Gasteiger partial charge on any atom is -0.489 e. The molecular formula is C20H26N2O2. The van der Waals surface area contributed by atoms with E-state index in [1.807, 2.05) is 62.4 Å². The van der Waals surface area contributed by atoms with Crippen LogP contribution < -0.4 is 15.4 Å². The van der Waals surface area contributed by atoms with Gasteiger partial charge in [0, 0.05) is 5.69 Å². The maximum Gasteiger partial charge on any atom is 0.241 e. The largest absolute Gasteiger partial charge is 0.489 e. The Labute approximate surface area is 144 Å². The summed E-state index contributed by atoms with van der Waals surface area (Å²) in [5, 5.41) is 6.15. The Morgan fingerprint density at radius 1 is 1.17 bits per heavy atom. The molecule has 1 amide bonds. The van der Waals surface area contributed by atoms with Crippen LogP contribution in [-0.2, 0) is 11.4 Å². The van der Waals surface area contributed by atoms with Crippen LogP contribution in [0.2, 0.25) is 0 Å². The average Bonchev–Trinajstić information content (AvgIpc) is 2.60. The Kier molecular flexibility index (Phi) is 6.82. The maximum absolute atomic E-state index is 12.2. The molecule has 1 atom stereocenters. The third-order valence-corrected chi connectivity index (χ3v) is 3.80. The molecule has 0 radical (unpaired) electrons. The molecule has 0 fully saturated rings. The van der Waals surface area contributed by atoms with Crippen LogP contribution in [0.1, 0.15) is 31.4 Å². The quantitative estimate of drug-likeness (QED) is 0.773. The molecule has 0 aromatic heterocycles. The first kappa shape index (κ1) is 18.0. The standard InChI is InChI=1S/C20H26N2O2/c1-4-12-21-16(3)20(23)22-19-11-10-18(13-15(19)2)24-14-17-8-6-5-7-9-17/h5-11,13,16,21H,4,12,14H2,1-3H3,(H,22,23). The lowest BCUT2D eigenvalue weighted by Gasteiger charge is -2.15. The molecule has 0 heterocycles. The van der Waals surface area contributed by atoms with Crippen molar-refractivity contribution in [2.45, 2.75) is 39.8 Å². The molecule has 2 aromatic rings. The number of hydrogen-bond donors (Lipinski definition) is 2. The van der Waals surface area contributed by atoms with Crippen molar-refractivity contribution >= 4 is 11.6 Å². The molecule has 0 aliphatic carbocycles. The molecule has 0 saturated carbocycles. The minimum absolute atomic E-state index is 0.0236. The number of anilines is 1. The van der Waals surface area contributed by atoms with Crippen molar-refractivity contribution in [3.8, 4) is 5.75 Å². The Balaban J connectivity index is 1.93. The highest BCUT2D eigenvalue weighted by Crippen LogP contribution is 2.22. The van der Waals surface area contributed by atoms with E-state index >= 15 is 0 Å². The van der Waals surface area contributed by atoms with Crippen molar-refractivity contribution in [2.75, 3.05) is 11.9 Å². The van der Waals surface area contributed by atoms with Crippen LogP contribution in [-0.4, -0.2) is 18.5 Å². The van der Waals surface area contributed by atoms with Crippen molar-refractivity contribution in [1.29, 1.82) is 0 Å². The lowest BCUT2D eigenvalue weighted by atomic mass is 10.1. The number of amides is 1. The number of rotatable bonds is 8. The topological polar surface area (TPSA) is 50.4 Å². The van der Waals surface area contributed by atoms with E-state index in [0.717, 1.165) is 35.5 Å². The second-order valence-electron chi connectivity index (χ2n) is 5.92. The first-order chi connectivity index (χ1) is 11.6. The lowest BCUT2D eigenvalue weighted by molar-refractivity contribution is -0.117. The molecule has 128 valence electrons. The normalized spacial score (nSPS) is 11.8. The first-order valence-corrected chi connectivity index (χ1v) is 8.41. The zero-order valence-corrected chi connectivity index (χ0v) is 14.6. The van der Waals surface area contributed by atoms with Crippen molar-refractivity contribution in [1.82, 2.24) is 5.32 Å². The summed E-state index contributed by atoms with van der Waals surface area (Å²) in [5.41, 5.74) is 2.93. The molecule has 1 unspecified atom stereocenters. The van der Waals surface area contributed by atoms with Crippen molar-refractivity contribution in [3.63, 3.8) is 0 Å². The van der Waals surface area contributed by atoms with E-state index in [1.165, 1.54) is 0 Å². The average molecular weight is 326 g/mol. The van der Waals surface area contributed by atoms with E-state index in [2.05, 4.69) is 17.6 Å². The summed E-state index contributed by atoms with van der Waals surface area (Å²) in [4.78, 5) is 12.2. The Morgan fingerprint density at radius 2 is 1.92 bits per heavy atom. The summed E-state index contributed by atoms with van der Waals surface area (Å²) in [5.74, 6) is 0.774. The molecule has 0 aliphatic heterocycles.